The highest BCUT2D eigenvalue weighted by Gasteiger charge is 2.35. The molecule has 1 aromatic heterocycles. The first-order chi connectivity index (χ1) is 14.6. The number of aromatic nitrogens is 2. The smallest absolute Gasteiger partial charge is 0.254 e. The average molecular weight is 468 g/mol. The Kier molecular flexibility index (Phi) is 6.35. The lowest BCUT2D eigenvalue weighted by Crippen LogP contribution is -2.44. The number of ether oxygens (including phenoxy) is 1. The number of rotatable bonds is 6. The van der Waals surface area contributed by atoms with E-state index in [0.29, 0.717) is 25.3 Å². The van der Waals surface area contributed by atoms with Crippen molar-refractivity contribution in [3.05, 3.63) is 82.1 Å². The first-order valence-corrected chi connectivity index (χ1v) is 11.2. The standard InChI is InChI=1S/C24H26BrN3O2/c1-2-22-21(16-27-28(22)20-9-4-3-5-10-20)23(29)26-17-24(11-13-30-14-12-24)18-7-6-8-19(25)15-18/h3-10,15-16H,2,11-14,17H2,1H3,(H,26,29). The Morgan fingerprint density at radius 2 is 1.93 bits per heavy atom. The van der Waals surface area contributed by atoms with E-state index >= 15 is 0 Å². The van der Waals surface area contributed by atoms with Gasteiger partial charge in [0.05, 0.1) is 23.1 Å². The summed E-state index contributed by atoms with van der Waals surface area (Å²) in [4.78, 5) is 13.1. The highest BCUT2D eigenvalue weighted by atomic mass is 79.9. The van der Waals surface area contributed by atoms with Crippen LogP contribution in [0.25, 0.3) is 5.69 Å². The van der Waals surface area contributed by atoms with Gasteiger partial charge in [0.2, 0.25) is 0 Å². The van der Waals surface area contributed by atoms with Gasteiger partial charge in [-0.15, -0.1) is 0 Å². The molecule has 0 bridgehead atoms. The zero-order chi connectivity index (χ0) is 21.0. The molecule has 1 aliphatic heterocycles. The molecule has 2 aromatic carbocycles. The third kappa shape index (κ3) is 4.20. The molecule has 4 rings (SSSR count). The molecular formula is C24H26BrN3O2. The van der Waals surface area contributed by atoms with Gasteiger partial charge in [-0.05, 0) is 49.1 Å². The van der Waals surface area contributed by atoms with E-state index in [9.17, 15) is 4.79 Å². The molecular weight excluding hydrogens is 442 g/mol. The Labute approximate surface area is 185 Å². The molecule has 6 heteroatoms. The summed E-state index contributed by atoms with van der Waals surface area (Å²) in [7, 11) is 0. The van der Waals surface area contributed by atoms with Gasteiger partial charge in [0, 0.05) is 29.6 Å². The van der Waals surface area contributed by atoms with Gasteiger partial charge in [0.15, 0.2) is 0 Å². The number of nitrogens with zero attached hydrogens (tertiary/aromatic N) is 2. The minimum absolute atomic E-state index is 0.0742. The summed E-state index contributed by atoms with van der Waals surface area (Å²) >= 11 is 3.58. The Bertz CT molecular complexity index is 1010. The molecule has 1 amide bonds. The maximum atomic E-state index is 13.1. The van der Waals surface area contributed by atoms with Gasteiger partial charge in [0.1, 0.15) is 0 Å². The van der Waals surface area contributed by atoms with E-state index in [2.05, 4.69) is 51.5 Å². The van der Waals surface area contributed by atoms with Gasteiger partial charge < -0.3 is 10.1 Å². The molecule has 0 saturated carbocycles. The van der Waals surface area contributed by atoms with Crippen LogP contribution in [0.5, 0.6) is 0 Å². The van der Waals surface area contributed by atoms with Crippen LogP contribution in [0.3, 0.4) is 0 Å². The third-order valence-electron chi connectivity index (χ3n) is 5.92. The molecule has 0 radical (unpaired) electrons. The Morgan fingerprint density at radius 1 is 1.17 bits per heavy atom. The average Bonchev–Trinajstić information content (AvgIpc) is 3.23. The predicted octanol–water partition coefficient (Wildman–Crippen LogP) is 4.68. The number of para-hydroxylation sites is 1. The third-order valence-corrected chi connectivity index (χ3v) is 6.42. The molecule has 3 aromatic rings. The van der Waals surface area contributed by atoms with Crippen molar-refractivity contribution < 1.29 is 9.53 Å². The van der Waals surface area contributed by atoms with Gasteiger partial charge >= 0.3 is 0 Å². The number of hydrogen-bond donors (Lipinski definition) is 1. The van der Waals surface area contributed by atoms with Gasteiger partial charge in [0.25, 0.3) is 5.91 Å². The molecule has 1 fully saturated rings. The molecule has 1 aliphatic rings. The van der Waals surface area contributed by atoms with Gasteiger partial charge in [-0.3, -0.25) is 4.79 Å². The van der Waals surface area contributed by atoms with Crippen LogP contribution >= 0.6 is 15.9 Å². The highest BCUT2D eigenvalue weighted by Crippen LogP contribution is 2.35. The predicted molar refractivity (Wildman–Crippen MR) is 121 cm³/mol. The maximum Gasteiger partial charge on any atom is 0.254 e. The fourth-order valence-corrected chi connectivity index (χ4v) is 4.59. The van der Waals surface area contributed by atoms with Crippen LogP contribution in [0.2, 0.25) is 0 Å². The van der Waals surface area contributed by atoms with Crippen LogP contribution in [0.4, 0.5) is 0 Å². The Morgan fingerprint density at radius 3 is 2.63 bits per heavy atom. The number of halogens is 1. The summed E-state index contributed by atoms with van der Waals surface area (Å²) < 4.78 is 8.52. The summed E-state index contributed by atoms with van der Waals surface area (Å²) in [5.41, 5.74) is 3.62. The van der Waals surface area contributed by atoms with Crippen molar-refractivity contribution in [3.63, 3.8) is 0 Å². The van der Waals surface area contributed by atoms with Gasteiger partial charge in [-0.25, -0.2) is 4.68 Å². The fourth-order valence-electron chi connectivity index (χ4n) is 4.19. The van der Waals surface area contributed by atoms with E-state index in [4.69, 9.17) is 4.74 Å². The largest absolute Gasteiger partial charge is 0.381 e. The van der Waals surface area contributed by atoms with Crippen molar-refractivity contribution in [3.8, 4) is 5.69 Å². The summed E-state index contributed by atoms with van der Waals surface area (Å²) in [5.74, 6) is -0.0742. The maximum absolute atomic E-state index is 13.1. The second kappa shape index (κ2) is 9.14. The lowest BCUT2D eigenvalue weighted by Gasteiger charge is -2.38. The number of hydrogen-bond acceptors (Lipinski definition) is 3. The van der Waals surface area contributed by atoms with Crippen molar-refractivity contribution in [2.75, 3.05) is 19.8 Å². The topological polar surface area (TPSA) is 56.1 Å². The first-order valence-electron chi connectivity index (χ1n) is 10.4. The summed E-state index contributed by atoms with van der Waals surface area (Å²) in [6.45, 7) is 4.03. The van der Waals surface area contributed by atoms with E-state index in [1.165, 1.54) is 5.56 Å². The van der Waals surface area contributed by atoms with E-state index in [1.54, 1.807) is 6.20 Å². The van der Waals surface area contributed by atoms with Crippen molar-refractivity contribution in [2.24, 2.45) is 0 Å². The second-order valence-corrected chi connectivity index (χ2v) is 8.61. The second-order valence-electron chi connectivity index (χ2n) is 7.69. The molecule has 0 atom stereocenters. The van der Waals surface area contributed by atoms with Crippen molar-refractivity contribution in [2.45, 2.75) is 31.6 Å². The minimum atomic E-state index is -0.126. The van der Waals surface area contributed by atoms with Gasteiger partial charge in [-0.1, -0.05) is 53.2 Å². The normalized spacial score (nSPS) is 15.7. The number of carbonyl (C=O) groups is 1. The van der Waals surface area contributed by atoms with Crippen molar-refractivity contribution >= 4 is 21.8 Å². The molecule has 1 saturated heterocycles. The van der Waals surface area contributed by atoms with E-state index in [-0.39, 0.29) is 11.3 Å². The molecule has 0 spiro atoms. The quantitative estimate of drug-likeness (QED) is 0.572. The number of benzene rings is 2. The number of amides is 1. The number of carbonyl (C=O) groups excluding carboxylic acids is 1. The van der Waals surface area contributed by atoms with Crippen molar-refractivity contribution in [1.29, 1.82) is 0 Å². The Hall–Kier alpha value is -2.44. The molecule has 0 unspecified atom stereocenters. The van der Waals surface area contributed by atoms with E-state index in [1.807, 2.05) is 41.1 Å². The molecule has 5 nitrogen and oxygen atoms in total. The summed E-state index contributed by atoms with van der Waals surface area (Å²) in [6, 6.07) is 18.3. The molecule has 30 heavy (non-hydrogen) atoms. The molecule has 156 valence electrons. The fraction of sp³-hybridized carbons (Fsp3) is 0.333. The minimum Gasteiger partial charge on any atom is -0.381 e. The lowest BCUT2D eigenvalue weighted by atomic mass is 9.74. The lowest BCUT2D eigenvalue weighted by molar-refractivity contribution is 0.0487. The van der Waals surface area contributed by atoms with Crippen LogP contribution in [-0.2, 0) is 16.6 Å². The van der Waals surface area contributed by atoms with Crippen LogP contribution in [0, 0.1) is 0 Å². The van der Waals surface area contributed by atoms with E-state index < -0.39 is 0 Å². The monoisotopic (exact) mass is 467 g/mol. The Balaban J connectivity index is 1.57. The molecule has 1 N–H and O–H groups in total. The first kappa shape index (κ1) is 20.8. The highest BCUT2D eigenvalue weighted by molar-refractivity contribution is 9.10. The van der Waals surface area contributed by atoms with E-state index in [0.717, 1.165) is 35.1 Å². The summed E-state index contributed by atoms with van der Waals surface area (Å²) in [6.07, 6.45) is 4.17. The molecule has 2 heterocycles. The molecule has 0 aliphatic carbocycles. The van der Waals surface area contributed by atoms with Crippen LogP contribution < -0.4 is 5.32 Å². The summed E-state index contributed by atoms with van der Waals surface area (Å²) in [5, 5.41) is 7.69. The van der Waals surface area contributed by atoms with Crippen molar-refractivity contribution in [1.82, 2.24) is 15.1 Å². The van der Waals surface area contributed by atoms with Gasteiger partial charge in [-0.2, -0.15) is 5.10 Å². The number of nitrogens with one attached hydrogen (secondary N) is 1. The zero-order valence-electron chi connectivity index (χ0n) is 17.1. The van der Waals surface area contributed by atoms with Crippen LogP contribution in [0.1, 0.15) is 41.4 Å². The van der Waals surface area contributed by atoms with Crippen LogP contribution in [0.15, 0.2) is 65.3 Å². The van der Waals surface area contributed by atoms with Crippen LogP contribution in [-0.4, -0.2) is 35.4 Å². The SMILES string of the molecule is CCc1c(C(=O)NCC2(c3cccc(Br)c3)CCOCC2)cnn1-c1ccccc1. The zero-order valence-corrected chi connectivity index (χ0v) is 18.7.